The lowest BCUT2D eigenvalue weighted by Crippen LogP contribution is -2.35. The molecule has 0 saturated carbocycles. The topological polar surface area (TPSA) is 26.7 Å². The van der Waals surface area contributed by atoms with E-state index in [1.165, 1.54) is 32.2 Å². The molecule has 0 spiro atoms. The maximum atomic E-state index is 10.5. The Labute approximate surface area is 177 Å². The first-order valence-electron chi connectivity index (χ1n) is 10.7. The highest BCUT2D eigenvalue weighted by Gasteiger charge is 2.27. The van der Waals surface area contributed by atoms with Crippen LogP contribution in [0.3, 0.4) is 0 Å². The molecule has 2 aliphatic rings. The number of halogens is 1. The van der Waals surface area contributed by atoms with E-state index in [0.717, 1.165) is 42.6 Å². The van der Waals surface area contributed by atoms with Gasteiger partial charge in [-0.1, -0.05) is 52.3 Å². The van der Waals surface area contributed by atoms with Gasteiger partial charge in [-0.15, -0.1) is 0 Å². The summed E-state index contributed by atoms with van der Waals surface area (Å²) in [6.07, 6.45) is 5.47. The molecule has 2 atom stereocenters. The van der Waals surface area contributed by atoms with Crippen molar-refractivity contribution in [3.8, 4) is 0 Å². The first-order valence-corrected chi connectivity index (χ1v) is 11.5. The summed E-state index contributed by atoms with van der Waals surface area (Å²) in [5.41, 5.74) is 4.13. The molecular formula is C24H31BrN2O. The van der Waals surface area contributed by atoms with Crippen LogP contribution in [0.2, 0.25) is 0 Å². The van der Waals surface area contributed by atoms with Crippen LogP contribution in [-0.2, 0) is 6.42 Å². The summed E-state index contributed by atoms with van der Waals surface area (Å²) in [4.78, 5) is 5.25. The number of hydrogen-bond acceptors (Lipinski definition) is 3. The van der Waals surface area contributed by atoms with E-state index in [1.54, 1.807) is 11.1 Å². The van der Waals surface area contributed by atoms with Crippen LogP contribution in [0.1, 0.15) is 54.5 Å². The van der Waals surface area contributed by atoms with E-state index in [9.17, 15) is 5.11 Å². The molecule has 1 aliphatic heterocycles. The summed E-state index contributed by atoms with van der Waals surface area (Å²) in [5.74, 6) is 0. The first kappa shape index (κ1) is 20.1. The summed E-state index contributed by atoms with van der Waals surface area (Å²) in [5, 5.41) is 10.5. The van der Waals surface area contributed by atoms with Crippen molar-refractivity contribution in [2.24, 2.45) is 0 Å². The van der Waals surface area contributed by atoms with Gasteiger partial charge in [-0.3, -0.25) is 4.90 Å². The van der Waals surface area contributed by atoms with Crippen LogP contribution in [0.25, 0.3) is 0 Å². The lowest BCUT2D eigenvalue weighted by Gasteiger charge is -2.35. The highest BCUT2D eigenvalue weighted by Crippen LogP contribution is 2.34. The van der Waals surface area contributed by atoms with Crippen LogP contribution in [0.5, 0.6) is 0 Å². The lowest BCUT2D eigenvalue weighted by molar-refractivity contribution is 0.139. The average molecular weight is 443 g/mol. The fourth-order valence-corrected chi connectivity index (χ4v) is 5.05. The minimum atomic E-state index is -0.377. The second-order valence-corrected chi connectivity index (χ2v) is 9.11. The van der Waals surface area contributed by atoms with Gasteiger partial charge < -0.3 is 10.0 Å². The molecule has 2 aromatic carbocycles. The molecule has 1 fully saturated rings. The quantitative estimate of drug-likeness (QED) is 0.708. The molecule has 2 aromatic rings. The fraction of sp³-hybridized carbons (Fsp3) is 0.500. The molecule has 4 rings (SSSR count). The van der Waals surface area contributed by atoms with Crippen LogP contribution in [0, 0.1) is 0 Å². The number of rotatable bonds is 5. The Morgan fingerprint density at radius 3 is 2.64 bits per heavy atom. The number of nitrogens with zero attached hydrogens (tertiary/aromatic N) is 2. The van der Waals surface area contributed by atoms with Crippen LogP contribution in [0.4, 0.5) is 0 Å². The van der Waals surface area contributed by atoms with Gasteiger partial charge in [-0.05, 0) is 67.5 Å². The molecule has 2 unspecified atom stereocenters. The van der Waals surface area contributed by atoms with Crippen LogP contribution in [-0.4, -0.2) is 47.6 Å². The number of aryl methyl sites for hydroxylation is 1. The highest BCUT2D eigenvalue weighted by molar-refractivity contribution is 9.10. The van der Waals surface area contributed by atoms with Gasteiger partial charge in [0, 0.05) is 36.7 Å². The fourth-order valence-electron chi connectivity index (χ4n) is 4.79. The van der Waals surface area contributed by atoms with E-state index in [2.05, 4.69) is 50.0 Å². The maximum Gasteiger partial charge on any atom is 0.0802 e. The normalized spacial score (nSPS) is 22.4. The zero-order valence-electron chi connectivity index (χ0n) is 16.6. The number of benzene rings is 2. The maximum absolute atomic E-state index is 10.5. The van der Waals surface area contributed by atoms with Crippen molar-refractivity contribution in [3.63, 3.8) is 0 Å². The zero-order valence-corrected chi connectivity index (χ0v) is 18.2. The highest BCUT2D eigenvalue weighted by atomic mass is 79.9. The minimum Gasteiger partial charge on any atom is -0.388 e. The van der Waals surface area contributed by atoms with Crippen molar-refractivity contribution in [2.75, 3.05) is 32.7 Å². The van der Waals surface area contributed by atoms with Crippen molar-refractivity contribution in [2.45, 2.75) is 44.2 Å². The number of aliphatic hydroxyl groups is 1. The monoisotopic (exact) mass is 442 g/mol. The Hall–Kier alpha value is -1.20. The molecule has 0 amide bonds. The predicted molar refractivity (Wildman–Crippen MR) is 118 cm³/mol. The standard InChI is InChI=1S/C24H31BrN2O/c25-21-11-9-20(10-12-21)24(28)13-16-26-14-4-15-27(18-17-26)23-8-3-6-19-5-1-2-7-22(19)23/h1-2,5,7,9-12,23-24,28H,3-4,6,8,13-18H2. The summed E-state index contributed by atoms with van der Waals surface area (Å²) >= 11 is 3.46. The van der Waals surface area contributed by atoms with Crippen LogP contribution < -0.4 is 0 Å². The van der Waals surface area contributed by atoms with Gasteiger partial charge in [0.15, 0.2) is 0 Å². The van der Waals surface area contributed by atoms with Crippen molar-refractivity contribution in [1.82, 2.24) is 9.80 Å². The van der Waals surface area contributed by atoms with E-state index in [4.69, 9.17) is 0 Å². The van der Waals surface area contributed by atoms with Crippen LogP contribution >= 0.6 is 15.9 Å². The molecule has 0 aromatic heterocycles. The third kappa shape index (κ3) is 4.85. The van der Waals surface area contributed by atoms with E-state index in [-0.39, 0.29) is 6.10 Å². The van der Waals surface area contributed by atoms with Gasteiger partial charge in [0.25, 0.3) is 0 Å². The Kier molecular flexibility index (Phi) is 6.84. The summed E-state index contributed by atoms with van der Waals surface area (Å²) in [6, 6.07) is 17.7. The number of fused-ring (bicyclic) bond motifs is 1. The Morgan fingerprint density at radius 2 is 1.79 bits per heavy atom. The molecule has 1 saturated heterocycles. The molecule has 150 valence electrons. The second kappa shape index (κ2) is 9.53. The van der Waals surface area contributed by atoms with Gasteiger partial charge in [0.1, 0.15) is 0 Å². The minimum absolute atomic E-state index is 0.377. The van der Waals surface area contributed by atoms with Crippen molar-refractivity contribution < 1.29 is 5.11 Å². The SMILES string of the molecule is OC(CCN1CCCN(C2CCCc3ccccc32)CC1)c1ccc(Br)cc1. The van der Waals surface area contributed by atoms with Crippen molar-refractivity contribution >= 4 is 15.9 Å². The summed E-state index contributed by atoms with van der Waals surface area (Å²) in [6.45, 7) is 5.52. The van der Waals surface area contributed by atoms with Gasteiger partial charge >= 0.3 is 0 Å². The molecule has 28 heavy (non-hydrogen) atoms. The smallest absolute Gasteiger partial charge is 0.0802 e. The Morgan fingerprint density at radius 1 is 0.964 bits per heavy atom. The summed E-state index contributed by atoms with van der Waals surface area (Å²) < 4.78 is 1.06. The number of hydrogen-bond donors (Lipinski definition) is 1. The van der Waals surface area contributed by atoms with Crippen LogP contribution in [0.15, 0.2) is 53.0 Å². The predicted octanol–water partition coefficient (Wildman–Crippen LogP) is 4.96. The van der Waals surface area contributed by atoms with E-state index >= 15 is 0 Å². The molecule has 3 nitrogen and oxygen atoms in total. The van der Waals surface area contributed by atoms with Gasteiger partial charge in [0.05, 0.1) is 6.10 Å². The van der Waals surface area contributed by atoms with E-state index in [1.807, 2.05) is 24.3 Å². The Balaban J connectivity index is 1.31. The molecule has 1 heterocycles. The van der Waals surface area contributed by atoms with E-state index < -0.39 is 0 Å². The molecule has 0 bridgehead atoms. The second-order valence-electron chi connectivity index (χ2n) is 8.19. The largest absolute Gasteiger partial charge is 0.388 e. The first-order chi connectivity index (χ1) is 13.7. The van der Waals surface area contributed by atoms with Crippen molar-refractivity contribution in [3.05, 3.63) is 69.7 Å². The molecule has 0 radical (unpaired) electrons. The molecule has 4 heteroatoms. The summed E-state index contributed by atoms with van der Waals surface area (Å²) in [7, 11) is 0. The van der Waals surface area contributed by atoms with E-state index in [0.29, 0.717) is 6.04 Å². The molecular weight excluding hydrogens is 412 g/mol. The van der Waals surface area contributed by atoms with Gasteiger partial charge in [-0.25, -0.2) is 0 Å². The molecule has 1 N–H and O–H groups in total. The average Bonchev–Trinajstić information content (AvgIpc) is 2.98. The van der Waals surface area contributed by atoms with Gasteiger partial charge in [-0.2, -0.15) is 0 Å². The van der Waals surface area contributed by atoms with Crippen molar-refractivity contribution in [1.29, 1.82) is 0 Å². The molecule has 1 aliphatic carbocycles. The number of aliphatic hydroxyl groups excluding tert-OH is 1. The third-order valence-corrected chi connectivity index (χ3v) is 6.90. The Bertz CT molecular complexity index is 763. The zero-order chi connectivity index (χ0) is 19.3. The third-order valence-electron chi connectivity index (χ3n) is 6.38. The van der Waals surface area contributed by atoms with Gasteiger partial charge in [0.2, 0.25) is 0 Å². The lowest BCUT2D eigenvalue weighted by atomic mass is 9.87.